The molecule has 1 heterocycles. The summed E-state index contributed by atoms with van der Waals surface area (Å²) in [5.74, 6) is 1.30. The van der Waals surface area contributed by atoms with Crippen molar-refractivity contribution in [3.05, 3.63) is 59.7 Å². The number of thioether (sulfide) groups is 1. The number of amidine groups is 1. The molecule has 2 aromatic carbocycles. The van der Waals surface area contributed by atoms with Gasteiger partial charge in [-0.05, 0) is 49.7 Å². The van der Waals surface area contributed by atoms with Crippen LogP contribution in [0.1, 0.15) is 24.5 Å². The van der Waals surface area contributed by atoms with Gasteiger partial charge in [0, 0.05) is 11.8 Å². The van der Waals surface area contributed by atoms with Gasteiger partial charge >= 0.3 is 0 Å². The Hall–Kier alpha value is -2.78. The molecule has 1 atom stereocenters. The van der Waals surface area contributed by atoms with Gasteiger partial charge in [0.15, 0.2) is 11.8 Å². The highest BCUT2D eigenvalue weighted by Gasteiger charge is 2.34. The number of benzene rings is 2. The molecule has 1 aliphatic rings. The van der Waals surface area contributed by atoms with Crippen LogP contribution in [-0.4, -0.2) is 34.4 Å². The molecular weight excluding hydrogens is 358 g/mol. The lowest BCUT2D eigenvalue weighted by atomic mass is 10.2. The van der Waals surface area contributed by atoms with Crippen molar-refractivity contribution in [2.24, 2.45) is 4.99 Å². The molecule has 2 aromatic rings. The number of hydrogen-bond donors (Lipinski definition) is 0. The Labute approximate surface area is 163 Å². The first kappa shape index (κ1) is 19.0. The zero-order chi connectivity index (χ0) is 19.2. The average molecular weight is 379 g/mol. The Morgan fingerprint density at radius 1 is 1.26 bits per heavy atom. The summed E-state index contributed by atoms with van der Waals surface area (Å²) in [6.07, 6.45) is 0.864. The van der Waals surface area contributed by atoms with Crippen LogP contribution in [0.15, 0.2) is 53.5 Å². The molecule has 0 N–H and O–H groups in total. The zero-order valence-corrected chi connectivity index (χ0v) is 16.2. The van der Waals surface area contributed by atoms with Gasteiger partial charge in [-0.2, -0.15) is 5.26 Å². The van der Waals surface area contributed by atoms with Gasteiger partial charge in [0.25, 0.3) is 5.91 Å². The van der Waals surface area contributed by atoms with Crippen LogP contribution in [0, 0.1) is 18.3 Å². The van der Waals surface area contributed by atoms with Crippen LogP contribution >= 0.6 is 11.8 Å². The number of hydrogen-bond acceptors (Lipinski definition) is 5. The van der Waals surface area contributed by atoms with Gasteiger partial charge in [-0.25, -0.2) is 4.99 Å². The van der Waals surface area contributed by atoms with Gasteiger partial charge in [0.05, 0.1) is 17.3 Å². The Morgan fingerprint density at radius 3 is 2.59 bits per heavy atom. The number of nitrogens with zero attached hydrogens (tertiary/aromatic N) is 3. The summed E-state index contributed by atoms with van der Waals surface area (Å²) in [5, 5.41) is 9.57. The van der Waals surface area contributed by atoms with Crippen LogP contribution in [0.5, 0.6) is 5.75 Å². The topological polar surface area (TPSA) is 65.7 Å². The fraction of sp³-hybridized carbons (Fsp3) is 0.286. The van der Waals surface area contributed by atoms with Crippen molar-refractivity contribution in [2.75, 3.05) is 12.4 Å². The van der Waals surface area contributed by atoms with Crippen LogP contribution in [0.25, 0.3) is 0 Å². The average Bonchev–Trinajstić information content (AvgIpc) is 3.11. The van der Waals surface area contributed by atoms with E-state index in [1.54, 1.807) is 40.9 Å². The summed E-state index contributed by atoms with van der Waals surface area (Å²) in [5.41, 5.74) is 2.57. The van der Waals surface area contributed by atoms with Gasteiger partial charge in [-0.15, -0.1) is 0 Å². The minimum Gasteiger partial charge on any atom is -0.484 e. The lowest BCUT2D eigenvalue weighted by Gasteiger charge is -2.23. The third-order valence-corrected chi connectivity index (χ3v) is 5.42. The fourth-order valence-electron chi connectivity index (χ4n) is 2.74. The Bertz CT molecular complexity index is 870. The fourth-order valence-corrected chi connectivity index (χ4v) is 4.02. The van der Waals surface area contributed by atoms with Gasteiger partial charge < -0.3 is 4.74 Å². The first-order chi connectivity index (χ1) is 13.1. The molecular formula is C21H21N3O2S. The second-order valence-electron chi connectivity index (χ2n) is 6.29. The third-order valence-electron chi connectivity index (χ3n) is 4.32. The highest BCUT2D eigenvalue weighted by atomic mass is 32.2. The first-order valence-electron chi connectivity index (χ1n) is 8.84. The number of rotatable bonds is 5. The summed E-state index contributed by atoms with van der Waals surface area (Å²) < 4.78 is 5.62. The molecule has 5 nitrogen and oxygen atoms in total. The van der Waals surface area contributed by atoms with E-state index in [2.05, 4.69) is 18.0 Å². The molecule has 0 spiro atoms. The first-order valence-corrected chi connectivity index (χ1v) is 9.82. The quantitative estimate of drug-likeness (QED) is 0.777. The second-order valence-corrected chi connectivity index (χ2v) is 7.28. The number of nitriles is 1. The van der Waals surface area contributed by atoms with Crippen LogP contribution in [0.3, 0.4) is 0 Å². The van der Waals surface area contributed by atoms with E-state index < -0.39 is 0 Å². The normalized spacial score (nSPS) is 17.7. The van der Waals surface area contributed by atoms with Crippen LogP contribution in [0.2, 0.25) is 0 Å². The predicted octanol–water partition coefficient (Wildman–Crippen LogP) is 4.29. The molecule has 0 radical (unpaired) electrons. The van der Waals surface area contributed by atoms with Crippen molar-refractivity contribution in [3.63, 3.8) is 0 Å². The number of carbonyl (C=O) groups is 1. The smallest absolute Gasteiger partial charge is 0.266 e. The standard InChI is InChI=1S/C21H21N3O2S/c1-3-18-14-27-21(23-17-8-4-15(2)5-9-17)24(18)20(25)13-26-19-10-6-16(12-22)7-11-19/h4-11,18H,3,13-14H2,1-2H3/t18-/m0/s1. The number of aryl methyl sites for hydroxylation is 1. The maximum Gasteiger partial charge on any atom is 0.266 e. The maximum atomic E-state index is 12.8. The van der Waals surface area contributed by atoms with Crippen molar-refractivity contribution in [1.29, 1.82) is 5.26 Å². The van der Waals surface area contributed by atoms with E-state index >= 15 is 0 Å². The number of carbonyl (C=O) groups excluding carboxylic acids is 1. The highest BCUT2D eigenvalue weighted by Crippen LogP contribution is 2.29. The van der Waals surface area contributed by atoms with Crippen molar-refractivity contribution in [3.8, 4) is 11.8 Å². The molecule has 1 amide bonds. The molecule has 0 unspecified atom stereocenters. The minimum atomic E-state index is -0.109. The molecule has 0 bridgehead atoms. The summed E-state index contributed by atoms with van der Waals surface area (Å²) in [6, 6.07) is 16.9. The van der Waals surface area contributed by atoms with E-state index in [0.29, 0.717) is 11.3 Å². The third kappa shape index (κ3) is 4.69. The molecule has 138 valence electrons. The lowest BCUT2D eigenvalue weighted by molar-refractivity contribution is -0.130. The van der Waals surface area contributed by atoms with Crippen LogP contribution in [0.4, 0.5) is 5.69 Å². The number of ether oxygens (including phenoxy) is 1. The lowest BCUT2D eigenvalue weighted by Crippen LogP contribution is -2.41. The summed E-state index contributed by atoms with van der Waals surface area (Å²) >= 11 is 1.60. The maximum absolute atomic E-state index is 12.8. The molecule has 1 saturated heterocycles. The van der Waals surface area contributed by atoms with Crippen molar-refractivity contribution < 1.29 is 9.53 Å². The molecule has 0 saturated carbocycles. The van der Waals surface area contributed by atoms with Crippen LogP contribution in [-0.2, 0) is 4.79 Å². The summed E-state index contributed by atoms with van der Waals surface area (Å²) in [7, 11) is 0. The van der Waals surface area contributed by atoms with Gasteiger partial charge in [-0.1, -0.05) is 36.4 Å². The van der Waals surface area contributed by atoms with E-state index in [1.807, 2.05) is 31.2 Å². The molecule has 6 heteroatoms. The van der Waals surface area contributed by atoms with Crippen molar-refractivity contribution in [2.45, 2.75) is 26.3 Å². The molecule has 1 aliphatic heterocycles. The predicted molar refractivity (Wildman–Crippen MR) is 108 cm³/mol. The van der Waals surface area contributed by atoms with Crippen molar-refractivity contribution in [1.82, 2.24) is 4.90 Å². The van der Waals surface area contributed by atoms with Gasteiger partial charge in [-0.3, -0.25) is 9.69 Å². The highest BCUT2D eigenvalue weighted by molar-refractivity contribution is 8.14. The molecule has 1 fully saturated rings. The van der Waals surface area contributed by atoms with E-state index in [0.717, 1.165) is 23.0 Å². The molecule has 0 aromatic heterocycles. The summed E-state index contributed by atoms with van der Waals surface area (Å²) in [6.45, 7) is 4.04. The van der Waals surface area contributed by atoms with Crippen LogP contribution < -0.4 is 4.74 Å². The van der Waals surface area contributed by atoms with Gasteiger partial charge in [0.2, 0.25) is 0 Å². The summed E-state index contributed by atoms with van der Waals surface area (Å²) in [4.78, 5) is 19.2. The largest absolute Gasteiger partial charge is 0.484 e. The second kappa shape index (κ2) is 8.74. The Balaban J connectivity index is 1.72. The SMILES string of the molecule is CC[C@H]1CSC(=Nc2ccc(C)cc2)N1C(=O)COc1ccc(C#N)cc1. The number of aliphatic imine (C=N–C) groups is 1. The monoisotopic (exact) mass is 379 g/mol. The molecule has 3 rings (SSSR count). The minimum absolute atomic E-state index is 0.0596. The van der Waals surface area contributed by atoms with Gasteiger partial charge in [0.1, 0.15) is 5.75 Å². The van der Waals surface area contributed by atoms with E-state index in [9.17, 15) is 4.79 Å². The Kier molecular flexibility index (Phi) is 6.15. The molecule has 27 heavy (non-hydrogen) atoms. The van der Waals surface area contributed by atoms with Crippen molar-refractivity contribution >= 4 is 28.5 Å². The van der Waals surface area contributed by atoms with E-state index in [4.69, 9.17) is 10.00 Å². The number of amides is 1. The molecule has 0 aliphatic carbocycles. The zero-order valence-electron chi connectivity index (χ0n) is 15.4. The Morgan fingerprint density at radius 2 is 1.96 bits per heavy atom. The van der Waals surface area contributed by atoms with E-state index in [1.165, 1.54) is 5.56 Å². The van der Waals surface area contributed by atoms with E-state index in [-0.39, 0.29) is 18.6 Å².